The minimum atomic E-state index is 0.354. The largest absolute Gasteiger partial charge is 0.372 e. The fraction of sp³-hybridized carbons (Fsp3) is 0.0769. The molecule has 0 spiro atoms. The average molecular weight is 328 g/mol. The number of nitrogens with zero attached hydrogens (tertiary/aromatic N) is 2. The summed E-state index contributed by atoms with van der Waals surface area (Å²) in [6.45, 7) is 0. The van der Waals surface area contributed by atoms with Crippen molar-refractivity contribution < 1.29 is 0 Å². The summed E-state index contributed by atoms with van der Waals surface area (Å²) in [6.07, 6.45) is 0. The van der Waals surface area contributed by atoms with Gasteiger partial charge in [0.25, 0.3) is 0 Å². The van der Waals surface area contributed by atoms with Crippen molar-refractivity contribution >= 4 is 52.1 Å². The molecule has 0 unspecified atom stereocenters. The minimum absolute atomic E-state index is 0.354. The Morgan fingerprint density at radius 3 is 2.40 bits per heavy atom. The first-order valence-electron chi connectivity index (χ1n) is 5.55. The Balaban J connectivity index is 2.42. The molecule has 102 valence electrons. The molecule has 0 radical (unpaired) electrons. The molecule has 0 aliphatic carbocycles. The van der Waals surface area contributed by atoms with Gasteiger partial charge in [-0.3, -0.25) is 0 Å². The van der Waals surface area contributed by atoms with E-state index in [9.17, 15) is 0 Å². The quantitative estimate of drug-likeness (QED) is 0.858. The molecule has 0 saturated heterocycles. The molecular formula is C13H9Cl3N4. The van der Waals surface area contributed by atoms with Crippen molar-refractivity contribution in [2.24, 2.45) is 0 Å². The third-order valence-electron chi connectivity index (χ3n) is 2.51. The van der Waals surface area contributed by atoms with E-state index in [1.807, 2.05) is 6.07 Å². The van der Waals surface area contributed by atoms with E-state index >= 15 is 0 Å². The summed E-state index contributed by atoms with van der Waals surface area (Å²) in [5.74, 6) is 0.892. The van der Waals surface area contributed by atoms with Crippen LogP contribution in [0.4, 0.5) is 17.3 Å². The van der Waals surface area contributed by atoms with Crippen LogP contribution < -0.4 is 10.6 Å². The summed E-state index contributed by atoms with van der Waals surface area (Å²) in [4.78, 5) is 4.25. The van der Waals surface area contributed by atoms with Crippen molar-refractivity contribution in [3.05, 3.63) is 44.9 Å². The van der Waals surface area contributed by atoms with E-state index in [1.165, 1.54) is 0 Å². The summed E-state index contributed by atoms with van der Waals surface area (Å²) in [5, 5.41) is 16.0. The maximum Gasteiger partial charge on any atom is 0.151 e. The van der Waals surface area contributed by atoms with E-state index in [-0.39, 0.29) is 0 Å². The topological polar surface area (TPSA) is 60.7 Å². The van der Waals surface area contributed by atoms with Crippen LogP contribution in [0.15, 0.2) is 24.3 Å². The Morgan fingerprint density at radius 1 is 1.05 bits per heavy atom. The van der Waals surface area contributed by atoms with Crippen LogP contribution in [0.25, 0.3) is 0 Å². The number of hydrogen-bond donors (Lipinski definition) is 2. The van der Waals surface area contributed by atoms with Gasteiger partial charge in [0, 0.05) is 7.05 Å². The predicted molar refractivity (Wildman–Crippen MR) is 83.3 cm³/mol. The van der Waals surface area contributed by atoms with Gasteiger partial charge in [-0.15, -0.1) is 0 Å². The lowest BCUT2D eigenvalue weighted by atomic mass is 10.2. The molecule has 2 N–H and O–H groups in total. The lowest BCUT2D eigenvalue weighted by molar-refractivity contribution is 1.27. The smallest absolute Gasteiger partial charge is 0.151 e. The van der Waals surface area contributed by atoms with Gasteiger partial charge in [0.05, 0.1) is 32.4 Å². The normalized spacial score (nSPS) is 9.95. The number of aromatic nitrogens is 1. The zero-order chi connectivity index (χ0) is 14.7. The molecule has 1 aromatic heterocycles. The first kappa shape index (κ1) is 14.7. The second kappa shape index (κ2) is 6.19. The van der Waals surface area contributed by atoms with E-state index in [0.29, 0.717) is 38.0 Å². The SMILES string of the molecule is CNc1nc(Nc2cc(C#N)ccc2Cl)c(Cl)cc1Cl. The highest BCUT2D eigenvalue weighted by Gasteiger charge is 2.10. The number of halogens is 3. The van der Waals surface area contributed by atoms with Crippen LogP contribution in [0, 0.1) is 11.3 Å². The van der Waals surface area contributed by atoms with Crippen molar-refractivity contribution in [2.75, 3.05) is 17.7 Å². The average Bonchev–Trinajstić information content (AvgIpc) is 2.44. The fourth-order valence-electron chi connectivity index (χ4n) is 1.55. The summed E-state index contributed by atoms with van der Waals surface area (Å²) in [5.41, 5.74) is 1.03. The summed E-state index contributed by atoms with van der Waals surface area (Å²) < 4.78 is 0. The molecule has 7 heteroatoms. The summed E-state index contributed by atoms with van der Waals surface area (Å²) in [6, 6.07) is 8.49. The molecular weight excluding hydrogens is 319 g/mol. The van der Waals surface area contributed by atoms with E-state index in [2.05, 4.69) is 15.6 Å². The Kier molecular flexibility index (Phi) is 4.56. The molecule has 0 atom stereocenters. The van der Waals surface area contributed by atoms with Gasteiger partial charge in [-0.05, 0) is 24.3 Å². The molecule has 4 nitrogen and oxygen atoms in total. The Morgan fingerprint density at radius 2 is 1.75 bits per heavy atom. The van der Waals surface area contributed by atoms with Crippen molar-refractivity contribution in [3.63, 3.8) is 0 Å². The Bertz CT molecular complexity index is 695. The number of nitriles is 1. The lowest BCUT2D eigenvalue weighted by Gasteiger charge is -2.12. The molecule has 0 aliphatic rings. The van der Waals surface area contributed by atoms with Gasteiger partial charge < -0.3 is 10.6 Å². The summed E-state index contributed by atoms with van der Waals surface area (Å²) >= 11 is 18.1. The minimum Gasteiger partial charge on any atom is -0.372 e. The zero-order valence-corrected chi connectivity index (χ0v) is 12.6. The van der Waals surface area contributed by atoms with Crippen LogP contribution in [0.3, 0.4) is 0 Å². The van der Waals surface area contributed by atoms with Crippen molar-refractivity contribution in [2.45, 2.75) is 0 Å². The third kappa shape index (κ3) is 3.07. The van der Waals surface area contributed by atoms with E-state index in [1.54, 1.807) is 31.3 Å². The first-order valence-corrected chi connectivity index (χ1v) is 6.69. The molecule has 20 heavy (non-hydrogen) atoms. The molecule has 1 heterocycles. The number of benzene rings is 1. The lowest BCUT2D eigenvalue weighted by Crippen LogP contribution is -2.00. The molecule has 0 amide bonds. The number of anilines is 3. The second-order valence-electron chi connectivity index (χ2n) is 3.83. The third-order valence-corrected chi connectivity index (χ3v) is 3.42. The van der Waals surface area contributed by atoms with E-state index in [4.69, 9.17) is 40.1 Å². The van der Waals surface area contributed by atoms with Crippen molar-refractivity contribution in [1.82, 2.24) is 4.98 Å². The van der Waals surface area contributed by atoms with Crippen LogP contribution in [-0.2, 0) is 0 Å². The fourth-order valence-corrected chi connectivity index (χ4v) is 2.21. The van der Waals surface area contributed by atoms with Crippen LogP contribution >= 0.6 is 34.8 Å². The monoisotopic (exact) mass is 326 g/mol. The Hall–Kier alpha value is -1.67. The number of rotatable bonds is 3. The van der Waals surface area contributed by atoms with E-state index in [0.717, 1.165) is 0 Å². The molecule has 0 saturated carbocycles. The van der Waals surface area contributed by atoms with Crippen LogP contribution in [0.2, 0.25) is 15.1 Å². The van der Waals surface area contributed by atoms with Gasteiger partial charge in [0.1, 0.15) is 5.82 Å². The number of nitrogens with one attached hydrogen (secondary N) is 2. The Labute approximate surface area is 131 Å². The van der Waals surface area contributed by atoms with E-state index < -0.39 is 0 Å². The predicted octanol–water partition coefficient (Wildman–Crippen LogP) is 4.70. The van der Waals surface area contributed by atoms with Gasteiger partial charge in [-0.25, -0.2) is 4.98 Å². The highest BCUT2D eigenvalue weighted by molar-refractivity contribution is 6.37. The maximum absolute atomic E-state index is 8.90. The van der Waals surface area contributed by atoms with Crippen LogP contribution in [-0.4, -0.2) is 12.0 Å². The number of pyridine rings is 1. The van der Waals surface area contributed by atoms with Gasteiger partial charge in [0.2, 0.25) is 0 Å². The van der Waals surface area contributed by atoms with Crippen LogP contribution in [0.5, 0.6) is 0 Å². The zero-order valence-electron chi connectivity index (χ0n) is 10.3. The van der Waals surface area contributed by atoms with Gasteiger partial charge in [0.15, 0.2) is 5.82 Å². The molecule has 2 aromatic rings. The molecule has 0 fully saturated rings. The van der Waals surface area contributed by atoms with Gasteiger partial charge >= 0.3 is 0 Å². The molecule has 1 aromatic carbocycles. The van der Waals surface area contributed by atoms with Gasteiger partial charge in [-0.2, -0.15) is 5.26 Å². The highest BCUT2D eigenvalue weighted by atomic mass is 35.5. The van der Waals surface area contributed by atoms with Crippen LogP contribution in [0.1, 0.15) is 5.56 Å². The highest BCUT2D eigenvalue weighted by Crippen LogP contribution is 2.33. The second-order valence-corrected chi connectivity index (χ2v) is 5.05. The van der Waals surface area contributed by atoms with Crippen molar-refractivity contribution in [1.29, 1.82) is 5.26 Å². The summed E-state index contributed by atoms with van der Waals surface area (Å²) in [7, 11) is 1.70. The van der Waals surface area contributed by atoms with Gasteiger partial charge in [-0.1, -0.05) is 34.8 Å². The molecule has 0 aliphatic heterocycles. The van der Waals surface area contributed by atoms with Crippen molar-refractivity contribution in [3.8, 4) is 6.07 Å². The first-order chi connectivity index (χ1) is 9.55. The molecule has 2 rings (SSSR count). The number of hydrogen-bond acceptors (Lipinski definition) is 4. The maximum atomic E-state index is 8.90. The standard InChI is InChI=1S/C13H9Cl3N4/c1-18-12-9(15)5-10(16)13(20-12)19-11-4-7(6-17)2-3-8(11)14/h2-5H,1H3,(H2,18,19,20). The molecule has 0 bridgehead atoms.